The van der Waals surface area contributed by atoms with Crippen molar-refractivity contribution in [1.82, 2.24) is 4.72 Å². The molecule has 8 heteroatoms. The second kappa shape index (κ2) is 8.80. The van der Waals surface area contributed by atoms with Crippen molar-refractivity contribution in [2.24, 2.45) is 0 Å². The molecular weight excluding hydrogens is 346 g/mol. The predicted molar refractivity (Wildman–Crippen MR) is 90.7 cm³/mol. The molecule has 0 aliphatic carbocycles. The molecule has 7 nitrogen and oxygen atoms in total. The lowest BCUT2D eigenvalue weighted by atomic mass is 10.1. The van der Waals surface area contributed by atoms with Crippen molar-refractivity contribution in [1.29, 1.82) is 0 Å². The van der Waals surface area contributed by atoms with Crippen molar-refractivity contribution in [3.8, 4) is 0 Å². The van der Waals surface area contributed by atoms with Gasteiger partial charge in [-0.3, -0.25) is 0 Å². The first-order chi connectivity index (χ1) is 11.9. The van der Waals surface area contributed by atoms with Gasteiger partial charge in [0, 0.05) is 6.61 Å². The number of rotatable bonds is 9. The number of esters is 1. The zero-order valence-electron chi connectivity index (χ0n) is 14.2. The molecule has 1 aromatic heterocycles. The lowest BCUT2D eigenvalue weighted by Gasteiger charge is -2.10. The van der Waals surface area contributed by atoms with Crippen LogP contribution >= 0.6 is 0 Å². The SMILES string of the molecule is CCOCCOC(=O)c1cc(S(=O)(=O)NCc2ccco2)ccc1C. The van der Waals surface area contributed by atoms with Crippen LogP contribution in [-0.4, -0.2) is 34.2 Å². The summed E-state index contributed by atoms with van der Waals surface area (Å²) in [5.74, 6) is -0.0912. The van der Waals surface area contributed by atoms with E-state index in [2.05, 4.69) is 4.72 Å². The van der Waals surface area contributed by atoms with Crippen molar-refractivity contribution >= 4 is 16.0 Å². The van der Waals surface area contributed by atoms with Gasteiger partial charge in [-0.05, 0) is 43.7 Å². The molecule has 2 rings (SSSR count). The van der Waals surface area contributed by atoms with Gasteiger partial charge in [-0.25, -0.2) is 17.9 Å². The van der Waals surface area contributed by atoms with E-state index < -0.39 is 16.0 Å². The number of hydrogen-bond acceptors (Lipinski definition) is 6. The maximum atomic E-state index is 12.4. The Labute approximate surface area is 147 Å². The third-order valence-corrected chi connectivity index (χ3v) is 4.82. The highest BCUT2D eigenvalue weighted by molar-refractivity contribution is 7.89. The molecule has 0 saturated carbocycles. The van der Waals surface area contributed by atoms with Gasteiger partial charge in [0.1, 0.15) is 12.4 Å². The topological polar surface area (TPSA) is 94.8 Å². The minimum atomic E-state index is -3.78. The highest BCUT2D eigenvalue weighted by atomic mass is 32.2. The van der Waals surface area contributed by atoms with Gasteiger partial charge in [-0.1, -0.05) is 6.07 Å². The van der Waals surface area contributed by atoms with Gasteiger partial charge in [0.2, 0.25) is 10.0 Å². The molecule has 0 bridgehead atoms. The summed E-state index contributed by atoms with van der Waals surface area (Å²) in [4.78, 5) is 12.1. The van der Waals surface area contributed by atoms with Crippen LogP contribution in [-0.2, 0) is 26.0 Å². The average Bonchev–Trinajstić information content (AvgIpc) is 3.10. The van der Waals surface area contributed by atoms with Gasteiger partial charge < -0.3 is 13.9 Å². The van der Waals surface area contributed by atoms with Crippen molar-refractivity contribution in [3.63, 3.8) is 0 Å². The van der Waals surface area contributed by atoms with Crippen LogP contribution in [0.15, 0.2) is 45.9 Å². The standard InChI is InChI=1S/C17H21NO6S/c1-3-22-9-10-24-17(19)16-11-15(7-6-13(16)2)25(20,21)18-12-14-5-4-8-23-14/h4-8,11,18H,3,9-10,12H2,1-2H3. The molecule has 0 saturated heterocycles. The van der Waals surface area contributed by atoms with Gasteiger partial charge in [-0.15, -0.1) is 0 Å². The molecule has 1 heterocycles. The summed E-state index contributed by atoms with van der Waals surface area (Å²) in [6.07, 6.45) is 1.46. The van der Waals surface area contributed by atoms with E-state index in [-0.39, 0.29) is 23.6 Å². The van der Waals surface area contributed by atoms with Crippen LogP contribution in [0.5, 0.6) is 0 Å². The fourth-order valence-corrected chi connectivity index (χ4v) is 3.09. The molecule has 0 unspecified atom stereocenters. The van der Waals surface area contributed by atoms with Crippen LogP contribution in [0.3, 0.4) is 0 Å². The molecule has 0 atom stereocenters. The summed E-state index contributed by atoms with van der Waals surface area (Å²) in [5.41, 5.74) is 0.837. The predicted octanol–water partition coefficient (Wildman–Crippen LogP) is 2.26. The number of nitrogens with one attached hydrogen (secondary N) is 1. The van der Waals surface area contributed by atoms with Crippen LogP contribution in [0.2, 0.25) is 0 Å². The largest absolute Gasteiger partial charge is 0.468 e. The van der Waals surface area contributed by atoms with Gasteiger partial charge >= 0.3 is 5.97 Å². The minimum Gasteiger partial charge on any atom is -0.468 e. The highest BCUT2D eigenvalue weighted by Gasteiger charge is 2.19. The van der Waals surface area contributed by atoms with Crippen LogP contribution < -0.4 is 4.72 Å². The molecule has 0 radical (unpaired) electrons. The number of benzene rings is 1. The lowest BCUT2D eigenvalue weighted by Crippen LogP contribution is -2.23. The summed E-state index contributed by atoms with van der Waals surface area (Å²) < 4.78 is 42.5. The molecule has 1 N–H and O–H groups in total. The van der Waals surface area contributed by atoms with E-state index in [0.717, 1.165) is 0 Å². The second-order valence-corrected chi connectivity index (χ2v) is 6.98. The van der Waals surface area contributed by atoms with Crippen molar-refractivity contribution in [2.75, 3.05) is 19.8 Å². The van der Waals surface area contributed by atoms with Crippen molar-refractivity contribution in [3.05, 3.63) is 53.5 Å². The lowest BCUT2D eigenvalue weighted by molar-refractivity contribution is 0.0334. The van der Waals surface area contributed by atoms with E-state index in [0.29, 0.717) is 24.5 Å². The van der Waals surface area contributed by atoms with E-state index in [1.807, 2.05) is 6.92 Å². The summed E-state index contributed by atoms with van der Waals surface area (Å²) in [5, 5.41) is 0. The summed E-state index contributed by atoms with van der Waals surface area (Å²) in [7, 11) is -3.78. The molecule has 0 aliphatic rings. The summed E-state index contributed by atoms with van der Waals surface area (Å²) in [6.45, 7) is 4.52. The second-order valence-electron chi connectivity index (χ2n) is 5.21. The molecule has 0 fully saturated rings. The van der Waals surface area contributed by atoms with Gasteiger partial charge in [0.05, 0.1) is 29.9 Å². The fraction of sp³-hybridized carbons (Fsp3) is 0.353. The fourth-order valence-electron chi connectivity index (χ4n) is 2.07. The monoisotopic (exact) mass is 367 g/mol. The van der Waals surface area contributed by atoms with Gasteiger partial charge in [-0.2, -0.15) is 0 Å². The number of furan rings is 1. The average molecular weight is 367 g/mol. The number of carbonyl (C=O) groups excluding carboxylic acids is 1. The van der Waals surface area contributed by atoms with Crippen LogP contribution in [0.4, 0.5) is 0 Å². The quantitative estimate of drug-likeness (QED) is 0.540. The number of hydrogen-bond donors (Lipinski definition) is 1. The van der Waals surface area contributed by atoms with Crippen LogP contribution in [0, 0.1) is 6.92 Å². The Hall–Kier alpha value is -2.16. The Morgan fingerprint density at radius 1 is 1.24 bits per heavy atom. The first kappa shape index (κ1) is 19.2. The molecular formula is C17H21NO6S. The van der Waals surface area contributed by atoms with Gasteiger partial charge in [0.25, 0.3) is 0 Å². The zero-order chi connectivity index (χ0) is 18.3. The van der Waals surface area contributed by atoms with Crippen LogP contribution in [0.25, 0.3) is 0 Å². The highest BCUT2D eigenvalue weighted by Crippen LogP contribution is 2.17. The Kier molecular flexibility index (Phi) is 6.74. The van der Waals surface area contributed by atoms with Gasteiger partial charge in [0.15, 0.2) is 0 Å². The maximum Gasteiger partial charge on any atom is 0.338 e. The Morgan fingerprint density at radius 2 is 2.04 bits per heavy atom. The smallest absolute Gasteiger partial charge is 0.338 e. The molecule has 136 valence electrons. The molecule has 0 amide bonds. The van der Waals surface area contributed by atoms with Crippen molar-refractivity contribution < 1.29 is 27.1 Å². The maximum absolute atomic E-state index is 12.4. The van der Waals surface area contributed by atoms with Crippen LogP contribution in [0.1, 0.15) is 28.6 Å². The first-order valence-corrected chi connectivity index (χ1v) is 9.30. The number of carbonyl (C=O) groups is 1. The summed E-state index contributed by atoms with van der Waals surface area (Å²) >= 11 is 0. The summed E-state index contributed by atoms with van der Waals surface area (Å²) in [6, 6.07) is 7.66. The van der Waals surface area contributed by atoms with E-state index >= 15 is 0 Å². The number of sulfonamides is 1. The molecule has 0 aliphatic heterocycles. The van der Waals surface area contributed by atoms with E-state index in [4.69, 9.17) is 13.9 Å². The Morgan fingerprint density at radius 3 is 2.72 bits per heavy atom. The third-order valence-electron chi connectivity index (χ3n) is 3.42. The molecule has 25 heavy (non-hydrogen) atoms. The molecule has 1 aromatic carbocycles. The molecule has 2 aromatic rings. The number of ether oxygens (including phenoxy) is 2. The molecule has 0 spiro atoms. The van der Waals surface area contributed by atoms with Crippen molar-refractivity contribution in [2.45, 2.75) is 25.3 Å². The van der Waals surface area contributed by atoms with E-state index in [1.165, 1.54) is 18.4 Å². The van der Waals surface area contributed by atoms with E-state index in [1.54, 1.807) is 25.1 Å². The normalized spacial score (nSPS) is 11.4. The number of aryl methyl sites for hydroxylation is 1. The van der Waals surface area contributed by atoms with E-state index in [9.17, 15) is 13.2 Å². The first-order valence-electron chi connectivity index (χ1n) is 7.81. The Balaban J connectivity index is 2.09. The minimum absolute atomic E-state index is 0.0126. The third kappa shape index (κ3) is 5.42. The Bertz CT molecular complexity index is 799. The zero-order valence-corrected chi connectivity index (χ0v) is 15.0.